The Balaban J connectivity index is 0.000000290. The maximum atomic E-state index is 12.5. The van der Waals surface area contributed by atoms with Gasteiger partial charge in [0.15, 0.2) is 0 Å². The molecule has 22 heteroatoms. The molecule has 0 fully saturated rings. The van der Waals surface area contributed by atoms with E-state index in [4.69, 9.17) is 10.3 Å². The zero-order valence-electron chi connectivity index (χ0n) is 30.3. The van der Waals surface area contributed by atoms with Crippen LogP contribution in [0.2, 0.25) is 0 Å². The number of rotatable bonds is 8. The molecule has 6 rings (SSSR count). The second-order valence-corrected chi connectivity index (χ2v) is 14.7. The minimum atomic E-state index is -4.02. The molecule has 283 valence electrons. The monoisotopic (exact) mass is 845 g/mol. The van der Waals surface area contributed by atoms with Gasteiger partial charge in [-0.3, -0.25) is 9.59 Å². The summed E-state index contributed by atoms with van der Waals surface area (Å²) in [4.78, 5) is 24.5. The van der Waals surface area contributed by atoms with E-state index in [9.17, 15) is 36.6 Å². The Labute approximate surface area is 353 Å². The standard InChI is InChI=1S/2C17H17N5O4S.Cr.Na/c2*1-10-8-13(14(23)9-15(10)27(18,25)26)19-20-16-11(2)21-22(17(16)24)12-6-4-3-5-7-12;;/h2*3-9H,1-2H3,(H4,18,19,20,21,23,24,25,26);;/q;;+3;+1/p-4. The van der Waals surface area contributed by atoms with Crippen LogP contribution in [0.4, 0.5) is 22.7 Å². The van der Waals surface area contributed by atoms with Crippen LogP contribution in [-0.4, -0.2) is 26.2 Å². The SMILES string of the molecule is Cc1cc(N=Nc2c(C)[n-]n(-c3ccccc3)c2=O)c([O-])cc1S(N)(=O)=O.Cc1cc(N=Nc2c(C)[n-]n(-c3ccccc3)c2=O)c([O-])cc1S(N)(=O)=O.[Cr+3].[Na+]. The van der Waals surface area contributed by atoms with Gasteiger partial charge in [-0.05, 0) is 73.5 Å². The van der Waals surface area contributed by atoms with Crippen molar-refractivity contribution < 1.29 is 74.0 Å². The number of para-hydroxylation sites is 2. The van der Waals surface area contributed by atoms with Crippen LogP contribution >= 0.6 is 0 Å². The van der Waals surface area contributed by atoms with Crippen molar-refractivity contribution >= 4 is 42.8 Å². The number of hydrogen-bond donors (Lipinski definition) is 2. The Kier molecular flexibility index (Phi) is 14.9. The summed E-state index contributed by atoms with van der Waals surface area (Å²) in [6, 6.07) is 21.9. The minimum Gasteiger partial charge on any atom is -0.871 e. The zero-order chi connectivity index (χ0) is 39.5. The van der Waals surface area contributed by atoms with Gasteiger partial charge in [0.1, 0.15) is 11.4 Å². The Hall–Kier alpha value is -4.95. The maximum Gasteiger partial charge on any atom is 3.00 e. The Morgan fingerprint density at radius 3 is 1.20 bits per heavy atom. The summed E-state index contributed by atoms with van der Waals surface area (Å²) in [6.07, 6.45) is 0. The number of hydrogen-bond acceptors (Lipinski definition) is 12. The van der Waals surface area contributed by atoms with Crippen molar-refractivity contribution in [3.8, 4) is 22.9 Å². The van der Waals surface area contributed by atoms with E-state index in [1.807, 2.05) is 12.1 Å². The zero-order valence-corrected chi connectivity index (χ0v) is 35.2. The molecule has 4 N–H and O–H groups in total. The van der Waals surface area contributed by atoms with Crippen LogP contribution in [0.3, 0.4) is 0 Å². The molecule has 0 aliphatic rings. The molecule has 2 aromatic heterocycles. The molecule has 18 nitrogen and oxygen atoms in total. The van der Waals surface area contributed by atoms with Gasteiger partial charge in [0.25, 0.3) is 11.1 Å². The molecule has 0 amide bonds. The molecule has 2 heterocycles. The molecule has 0 aliphatic heterocycles. The molecular formula is C34H30CrN10NaO8S2. The predicted molar refractivity (Wildman–Crippen MR) is 193 cm³/mol. The topological polar surface area (TPSA) is 288 Å². The average Bonchev–Trinajstić information content (AvgIpc) is 3.57. The Bertz CT molecular complexity index is 2590. The van der Waals surface area contributed by atoms with Crippen LogP contribution in [0.25, 0.3) is 11.4 Å². The van der Waals surface area contributed by atoms with Gasteiger partial charge in [-0.2, -0.15) is 10.2 Å². The van der Waals surface area contributed by atoms with Gasteiger partial charge in [0, 0.05) is 11.4 Å². The summed E-state index contributed by atoms with van der Waals surface area (Å²) in [5.74, 6) is -1.34. The second kappa shape index (κ2) is 18.3. The van der Waals surface area contributed by atoms with E-state index in [0.717, 1.165) is 12.1 Å². The number of sulfonamides is 2. The van der Waals surface area contributed by atoms with E-state index in [2.05, 4.69) is 30.7 Å². The van der Waals surface area contributed by atoms with Crippen molar-refractivity contribution in [3.63, 3.8) is 0 Å². The Morgan fingerprint density at radius 1 is 0.571 bits per heavy atom. The quantitative estimate of drug-likeness (QED) is 0.154. The molecule has 4 aromatic carbocycles. The molecule has 0 unspecified atom stereocenters. The molecule has 1 radical (unpaired) electrons. The first-order valence-corrected chi connectivity index (χ1v) is 18.6. The summed E-state index contributed by atoms with van der Waals surface area (Å²) >= 11 is 0. The molecule has 0 aliphatic carbocycles. The van der Waals surface area contributed by atoms with Gasteiger partial charge < -0.3 is 29.8 Å². The van der Waals surface area contributed by atoms with Gasteiger partial charge in [0.2, 0.25) is 20.0 Å². The van der Waals surface area contributed by atoms with Gasteiger partial charge in [-0.25, -0.2) is 27.1 Å². The smallest absolute Gasteiger partial charge is 0.871 e. The van der Waals surface area contributed by atoms with E-state index in [1.54, 1.807) is 62.4 Å². The number of aromatic nitrogens is 4. The predicted octanol–water partition coefficient (Wildman–Crippen LogP) is 0.0974. The normalized spacial score (nSPS) is 11.5. The first kappa shape index (κ1) is 45.4. The molecule has 0 spiro atoms. The molecule has 0 atom stereocenters. The van der Waals surface area contributed by atoms with Crippen molar-refractivity contribution in [1.29, 1.82) is 0 Å². The van der Waals surface area contributed by atoms with Gasteiger partial charge >= 0.3 is 46.9 Å². The van der Waals surface area contributed by atoms with Crippen molar-refractivity contribution in [2.75, 3.05) is 0 Å². The largest absolute Gasteiger partial charge is 3.00 e. The van der Waals surface area contributed by atoms with Crippen LogP contribution < -0.4 is 71.4 Å². The van der Waals surface area contributed by atoms with Crippen LogP contribution in [0, 0.1) is 27.7 Å². The van der Waals surface area contributed by atoms with Crippen molar-refractivity contribution in [2.45, 2.75) is 37.5 Å². The van der Waals surface area contributed by atoms with Crippen LogP contribution in [0.1, 0.15) is 22.5 Å². The molecule has 0 bridgehead atoms. The summed E-state index contributed by atoms with van der Waals surface area (Å²) in [7, 11) is -8.03. The van der Waals surface area contributed by atoms with E-state index in [0.29, 0.717) is 22.8 Å². The molecule has 0 saturated carbocycles. The molecule has 56 heavy (non-hydrogen) atoms. The number of aryl methyl sites for hydroxylation is 4. The van der Waals surface area contributed by atoms with Gasteiger partial charge in [0.05, 0.1) is 21.2 Å². The second-order valence-electron chi connectivity index (χ2n) is 11.6. The third kappa shape index (κ3) is 10.3. The van der Waals surface area contributed by atoms with Crippen LogP contribution in [0.5, 0.6) is 11.5 Å². The van der Waals surface area contributed by atoms with E-state index < -0.39 is 42.7 Å². The van der Waals surface area contributed by atoms with Crippen molar-refractivity contribution in [2.24, 2.45) is 30.7 Å². The number of primary sulfonamides is 2. The summed E-state index contributed by atoms with van der Waals surface area (Å²) in [6.45, 7) is 6.16. The number of azo groups is 2. The van der Waals surface area contributed by atoms with E-state index in [-0.39, 0.29) is 90.6 Å². The Morgan fingerprint density at radius 2 is 0.893 bits per heavy atom. The van der Waals surface area contributed by atoms with Gasteiger partial charge in [-0.15, -0.1) is 21.6 Å². The summed E-state index contributed by atoms with van der Waals surface area (Å²) in [5, 5.41) is 58.0. The number of nitrogens with zero attached hydrogens (tertiary/aromatic N) is 8. The van der Waals surface area contributed by atoms with Crippen LogP contribution in [-0.2, 0) is 37.4 Å². The maximum absolute atomic E-state index is 12.5. The first-order chi connectivity index (χ1) is 25.4. The molecular weight excluding hydrogens is 816 g/mol. The summed E-state index contributed by atoms with van der Waals surface area (Å²) < 4.78 is 48.2. The molecule has 6 aromatic rings. The third-order valence-electron chi connectivity index (χ3n) is 7.62. The number of benzene rings is 4. The number of nitrogens with two attached hydrogens (primary N) is 2. The fraction of sp³-hybridized carbons (Fsp3) is 0.118. The van der Waals surface area contributed by atoms with E-state index >= 15 is 0 Å². The average molecular weight is 846 g/mol. The third-order valence-corrected chi connectivity index (χ3v) is 9.72. The summed E-state index contributed by atoms with van der Waals surface area (Å²) in [5.41, 5.74) is 1.16. The fourth-order valence-electron chi connectivity index (χ4n) is 5.00. The first-order valence-electron chi connectivity index (χ1n) is 15.5. The minimum absolute atomic E-state index is 0. The van der Waals surface area contributed by atoms with Crippen molar-refractivity contribution in [3.05, 3.63) is 128 Å². The molecule has 0 saturated heterocycles. The van der Waals surface area contributed by atoms with E-state index in [1.165, 1.54) is 35.3 Å². The van der Waals surface area contributed by atoms with Crippen LogP contribution in [0.15, 0.2) is 125 Å². The van der Waals surface area contributed by atoms with Crippen molar-refractivity contribution in [1.82, 2.24) is 19.6 Å². The fourth-order valence-corrected chi connectivity index (χ4v) is 6.56. The van der Waals surface area contributed by atoms with Gasteiger partial charge in [-0.1, -0.05) is 61.7 Å².